The van der Waals surface area contributed by atoms with Crippen LogP contribution in [0.3, 0.4) is 0 Å². The van der Waals surface area contributed by atoms with E-state index in [9.17, 15) is 9.18 Å². The first-order valence-electron chi connectivity index (χ1n) is 7.32. The van der Waals surface area contributed by atoms with Crippen molar-refractivity contribution in [3.8, 4) is 0 Å². The lowest BCUT2D eigenvalue weighted by molar-refractivity contribution is -0.134. The smallest absolute Gasteiger partial charge is 0.251 e. The van der Waals surface area contributed by atoms with Crippen molar-refractivity contribution < 1.29 is 18.4 Å². The van der Waals surface area contributed by atoms with E-state index >= 15 is 0 Å². The molecule has 2 atom stereocenters. The maximum absolute atomic E-state index is 14.1. The van der Waals surface area contributed by atoms with Gasteiger partial charge in [-0.25, -0.2) is 4.39 Å². The Kier molecular flexibility index (Phi) is 4.63. The quantitative estimate of drug-likeness (QED) is 0.862. The average Bonchev–Trinajstić information content (AvgIpc) is 3.00. The Morgan fingerprint density at radius 3 is 2.96 bits per heavy atom. The highest BCUT2D eigenvalue weighted by Gasteiger charge is 2.29. The Morgan fingerprint density at radius 1 is 1.48 bits per heavy atom. The molecule has 1 aliphatic heterocycles. The summed E-state index contributed by atoms with van der Waals surface area (Å²) in [6.07, 6.45) is -0.633. The SMILES string of the molecule is Cc1nc(C(NC(=O)C2CNCCO2)c2ccccc2F)no1. The van der Waals surface area contributed by atoms with E-state index < -0.39 is 18.0 Å². The molecule has 2 unspecified atom stereocenters. The first-order chi connectivity index (χ1) is 11.1. The summed E-state index contributed by atoms with van der Waals surface area (Å²) in [7, 11) is 0. The Bertz CT molecular complexity index is 685. The van der Waals surface area contributed by atoms with E-state index in [1.807, 2.05) is 0 Å². The highest BCUT2D eigenvalue weighted by Crippen LogP contribution is 2.22. The largest absolute Gasteiger partial charge is 0.366 e. The molecule has 2 heterocycles. The van der Waals surface area contributed by atoms with Gasteiger partial charge in [0.2, 0.25) is 5.89 Å². The number of amides is 1. The van der Waals surface area contributed by atoms with Crippen molar-refractivity contribution in [2.24, 2.45) is 0 Å². The lowest BCUT2D eigenvalue weighted by Crippen LogP contribution is -2.48. The summed E-state index contributed by atoms with van der Waals surface area (Å²) in [5.41, 5.74) is 0.269. The van der Waals surface area contributed by atoms with Gasteiger partial charge in [-0.2, -0.15) is 4.98 Å². The number of hydrogen-bond acceptors (Lipinski definition) is 6. The Hall–Kier alpha value is -2.32. The molecule has 3 rings (SSSR count). The van der Waals surface area contributed by atoms with E-state index in [4.69, 9.17) is 9.26 Å². The van der Waals surface area contributed by atoms with Crippen LogP contribution in [0, 0.1) is 12.7 Å². The highest BCUT2D eigenvalue weighted by atomic mass is 19.1. The van der Waals surface area contributed by atoms with Gasteiger partial charge in [0.1, 0.15) is 18.0 Å². The third-order valence-electron chi connectivity index (χ3n) is 3.52. The maximum atomic E-state index is 14.1. The van der Waals surface area contributed by atoms with Crippen LogP contribution in [0.4, 0.5) is 4.39 Å². The average molecular weight is 320 g/mol. The normalized spacial score (nSPS) is 19.3. The molecule has 0 aliphatic carbocycles. The second-order valence-electron chi connectivity index (χ2n) is 5.20. The number of hydrogen-bond donors (Lipinski definition) is 2. The third kappa shape index (κ3) is 3.54. The lowest BCUT2D eigenvalue weighted by Gasteiger charge is -2.25. The van der Waals surface area contributed by atoms with Crippen molar-refractivity contribution in [1.82, 2.24) is 20.8 Å². The summed E-state index contributed by atoms with van der Waals surface area (Å²) in [6, 6.07) is 5.31. The Labute approximate surface area is 132 Å². The van der Waals surface area contributed by atoms with Crippen LogP contribution >= 0.6 is 0 Å². The van der Waals surface area contributed by atoms with Gasteiger partial charge in [-0.3, -0.25) is 4.79 Å². The van der Waals surface area contributed by atoms with Gasteiger partial charge in [-0.05, 0) is 6.07 Å². The van der Waals surface area contributed by atoms with Crippen molar-refractivity contribution in [3.63, 3.8) is 0 Å². The second kappa shape index (κ2) is 6.84. The van der Waals surface area contributed by atoms with Crippen LogP contribution in [-0.4, -0.2) is 41.8 Å². The Balaban J connectivity index is 1.86. The molecule has 1 amide bonds. The van der Waals surface area contributed by atoms with Gasteiger partial charge in [0.15, 0.2) is 5.82 Å². The number of rotatable bonds is 4. The van der Waals surface area contributed by atoms with Gasteiger partial charge in [0.05, 0.1) is 6.61 Å². The fraction of sp³-hybridized carbons (Fsp3) is 0.400. The minimum absolute atomic E-state index is 0.199. The van der Waals surface area contributed by atoms with E-state index in [0.717, 1.165) is 0 Å². The van der Waals surface area contributed by atoms with Gasteiger partial charge in [0, 0.05) is 25.6 Å². The zero-order chi connectivity index (χ0) is 16.2. The maximum Gasteiger partial charge on any atom is 0.251 e. The molecule has 1 aromatic heterocycles. The van der Waals surface area contributed by atoms with Crippen molar-refractivity contribution in [2.45, 2.75) is 19.1 Å². The van der Waals surface area contributed by atoms with Gasteiger partial charge in [-0.15, -0.1) is 0 Å². The minimum Gasteiger partial charge on any atom is -0.366 e. The van der Waals surface area contributed by atoms with Gasteiger partial charge in [-0.1, -0.05) is 23.4 Å². The number of nitrogens with one attached hydrogen (secondary N) is 2. The molecule has 7 nitrogen and oxygen atoms in total. The number of aromatic nitrogens is 2. The van der Waals surface area contributed by atoms with E-state index in [-0.39, 0.29) is 17.3 Å². The summed E-state index contributed by atoms with van der Waals surface area (Å²) in [6.45, 7) is 3.18. The number of benzene rings is 1. The number of nitrogens with zero attached hydrogens (tertiary/aromatic N) is 2. The second-order valence-corrected chi connectivity index (χ2v) is 5.20. The molecule has 1 aliphatic rings. The van der Waals surface area contributed by atoms with E-state index in [1.54, 1.807) is 25.1 Å². The molecule has 1 fully saturated rings. The first kappa shape index (κ1) is 15.6. The van der Waals surface area contributed by atoms with Crippen molar-refractivity contribution in [2.75, 3.05) is 19.7 Å². The molecule has 0 bridgehead atoms. The zero-order valence-corrected chi connectivity index (χ0v) is 12.6. The number of carbonyl (C=O) groups is 1. The van der Waals surface area contributed by atoms with Gasteiger partial charge in [0.25, 0.3) is 5.91 Å². The van der Waals surface area contributed by atoms with E-state index in [0.29, 0.717) is 25.6 Å². The van der Waals surface area contributed by atoms with Crippen LogP contribution in [0.15, 0.2) is 28.8 Å². The summed E-state index contributed by atoms with van der Waals surface area (Å²) in [5, 5.41) is 9.63. The van der Waals surface area contributed by atoms with Crippen molar-refractivity contribution in [3.05, 3.63) is 47.4 Å². The predicted octanol–water partition coefficient (Wildman–Crippen LogP) is 0.711. The predicted molar refractivity (Wildman–Crippen MR) is 78.0 cm³/mol. The van der Waals surface area contributed by atoms with Gasteiger partial charge < -0.3 is 19.9 Å². The molecule has 1 saturated heterocycles. The number of halogens is 1. The Morgan fingerprint density at radius 2 is 2.30 bits per heavy atom. The van der Waals surface area contributed by atoms with Gasteiger partial charge >= 0.3 is 0 Å². The topological polar surface area (TPSA) is 89.3 Å². The minimum atomic E-state index is -0.841. The molecule has 0 radical (unpaired) electrons. The molecular weight excluding hydrogens is 303 g/mol. The molecule has 0 saturated carbocycles. The van der Waals surface area contributed by atoms with E-state index in [1.165, 1.54) is 6.07 Å². The third-order valence-corrected chi connectivity index (χ3v) is 3.52. The summed E-state index contributed by atoms with van der Waals surface area (Å²) in [4.78, 5) is 16.5. The molecule has 1 aromatic carbocycles. The van der Waals surface area contributed by atoms with Crippen LogP contribution in [-0.2, 0) is 9.53 Å². The number of carbonyl (C=O) groups excluding carboxylic acids is 1. The zero-order valence-electron chi connectivity index (χ0n) is 12.6. The molecule has 23 heavy (non-hydrogen) atoms. The monoisotopic (exact) mass is 320 g/mol. The first-order valence-corrected chi connectivity index (χ1v) is 7.32. The summed E-state index contributed by atoms with van der Waals surface area (Å²) in [5.74, 6) is -0.272. The van der Waals surface area contributed by atoms with Crippen LogP contribution in [0.25, 0.3) is 0 Å². The fourth-order valence-electron chi connectivity index (χ4n) is 2.39. The van der Waals surface area contributed by atoms with Crippen LogP contribution in [0.2, 0.25) is 0 Å². The molecule has 2 aromatic rings. The number of morpholine rings is 1. The van der Waals surface area contributed by atoms with Crippen molar-refractivity contribution in [1.29, 1.82) is 0 Å². The van der Waals surface area contributed by atoms with Crippen LogP contribution in [0.1, 0.15) is 23.3 Å². The van der Waals surface area contributed by atoms with Crippen LogP contribution in [0.5, 0.6) is 0 Å². The number of aryl methyl sites for hydroxylation is 1. The summed E-state index contributed by atoms with van der Waals surface area (Å²) < 4.78 is 24.5. The van der Waals surface area contributed by atoms with Crippen molar-refractivity contribution >= 4 is 5.91 Å². The highest BCUT2D eigenvalue weighted by molar-refractivity contribution is 5.82. The molecule has 2 N–H and O–H groups in total. The summed E-state index contributed by atoms with van der Waals surface area (Å²) >= 11 is 0. The molecule has 122 valence electrons. The fourth-order valence-corrected chi connectivity index (χ4v) is 2.39. The van der Waals surface area contributed by atoms with E-state index in [2.05, 4.69) is 20.8 Å². The molecule has 8 heteroatoms. The lowest BCUT2D eigenvalue weighted by atomic mass is 10.0. The van der Waals surface area contributed by atoms with Crippen LogP contribution < -0.4 is 10.6 Å². The molecular formula is C15H17FN4O3. The number of ether oxygens (including phenoxy) is 1. The standard InChI is InChI=1S/C15H17FN4O3/c1-9-18-14(20-23-9)13(10-4-2-3-5-11(10)16)19-15(21)12-8-17-6-7-22-12/h2-5,12-13,17H,6-8H2,1H3,(H,19,21). The molecule has 0 spiro atoms.